The monoisotopic (exact) mass is 365 g/mol. The summed E-state index contributed by atoms with van der Waals surface area (Å²) in [4.78, 5) is 0. The first-order chi connectivity index (χ1) is 10.2. The molecule has 0 amide bonds. The average Bonchev–Trinajstić information content (AvgIpc) is 2.47. The molecule has 2 aromatic rings. The van der Waals surface area contributed by atoms with E-state index in [0.717, 1.165) is 33.8 Å². The van der Waals surface area contributed by atoms with Crippen molar-refractivity contribution < 1.29 is 4.74 Å². The maximum atomic E-state index is 6.11. The lowest BCUT2D eigenvalue weighted by atomic mass is 9.76. The first-order valence-electron chi connectivity index (χ1n) is 7.02. The van der Waals surface area contributed by atoms with Crippen LogP contribution in [0.4, 0.5) is 5.69 Å². The average molecular weight is 367 g/mol. The Kier molecular flexibility index (Phi) is 4.41. The molecule has 0 aliphatic heterocycles. The second kappa shape index (κ2) is 6.29. The molecule has 110 valence electrons. The van der Waals surface area contributed by atoms with Crippen LogP contribution in [0.15, 0.2) is 46.9 Å². The lowest BCUT2D eigenvalue weighted by Gasteiger charge is -2.37. The highest BCUT2D eigenvalue weighted by molar-refractivity contribution is 9.10. The van der Waals surface area contributed by atoms with Crippen molar-refractivity contribution in [2.45, 2.75) is 24.8 Å². The summed E-state index contributed by atoms with van der Waals surface area (Å²) >= 11 is 9.64. The van der Waals surface area contributed by atoms with Crippen LogP contribution in [0.25, 0.3) is 0 Å². The predicted octanol–water partition coefficient (Wildman–Crippen LogP) is 5.47. The van der Waals surface area contributed by atoms with E-state index in [4.69, 9.17) is 16.3 Å². The molecule has 0 aromatic heterocycles. The van der Waals surface area contributed by atoms with E-state index in [0.29, 0.717) is 12.0 Å². The Balaban J connectivity index is 1.59. The van der Waals surface area contributed by atoms with Crippen LogP contribution in [0, 0.1) is 0 Å². The minimum absolute atomic E-state index is 0.506. The van der Waals surface area contributed by atoms with Gasteiger partial charge in [0.1, 0.15) is 5.75 Å². The zero-order chi connectivity index (χ0) is 14.8. The number of hydrogen-bond donors (Lipinski definition) is 1. The molecule has 0 spiro atoms. The number of benzene rings is 2. The van der Waals surface area contributed by atoms with Crippen molar-refractivity contribution in [3.8, 4) is 5.75 Å². The van der Waals surface area contributed by atoms with E-state index in [2.05, 4.69) is 39.4 Å². The van der Waals surface area contributed by atoms with Crippen LogP contribution in [0.5, 0.6) is 5.75 Å². The third-order valence-corrected chi connectivity index (χ3v) is 5.43. The second-order valence-electron chi connectivity index (χ2n) is 5.38. The fraction of sp³-hybridized carbons (Fsp3) is 0.294. The molecule has 2 nitrogen and oxygen atoms in total. The molecule has 2 aromatic carbocycles. The van der Waals surface area contributed by atoms with Gasteiger partial charge >= 0.3 is 0 Å². The summed E-state index contributed by atoms with van der Waals surface area (Å²) in [7, 11) is 1.70. The number of nitrogens with one attached hydrogen (secondary N) is 1. The van der Waals surface area contributed by atoms with Gasteiger partial charge in [0.25, 0.3) is 0 Å². The molecule has 1 N–H and O–H groups in total. The van der Waals surface area contributed by atoms with Gasteiger partial charge in [0.15, 0.2) is 0 Å². The minimum atomic E-state index is 0.506. The Morgan fingerprint density at radius 2 is 1.86 bits per heavy atom. The van der Waals surface area contributed by atoms with Crippen molar-refractivity contribution in [2.24, 2.45) is 0 Å². The largest absolute Gasteiger partial charge is 0.497 e. The summed E-state index contributed by atoms with van der Waals surface area (Å²) in [6.07, 6.45) is 2.29. The summed E-state index contributed by atoms with van der Waals surface area (Å²) in [5.41, 5.74) is 2.46. The molecule has 0 atom stereocenters. The number of hydrogen-bond acceptors (Lipinski definition) is 2. The standard InChI is InChI=1S/C17H17BrClNO/c1-21-14-7-5-11(6-8-14)12-9-13(10-12)20-16-4-2-3-15(19)17(16)18/h2-8,12-13,20H,9-10H2,1H3. The van der Waals surface area contributed by atoms with Gasteiger partial charge in [-0.05, 0) is 64.5 Å². The highest BCUT2D eigenvalue weighted by atomic mass is 79.9. The molecular weight excluding hydrogens is 350 g/mol. The molecule has 21 heavy (non-hydrogen) atoms. The van der Waals surface area contributed by atoms with Crippen LogP contribution >= 0.6 is 27.5 Å². The van der Waals surface area contributed by atoms with E-state index in [1.54, 1.807) is 7.11 Å². The number of rotatable bonds is 4. The van der Waals surface area contributed by atoms with Gasteiger partial charge in [-0.15, -0.1) is 0 Å². The van der Waals surface area contributed by atoms with Crippen LogP contribution < -0.4 is 10.1 Å². The molecule has 1 aliphatic rings. The summed E-state index contributed by atoms with van der Waals surface area (Å²) in [6.45, 7) is 0. The Bertz CT molecular complexity index is 623. The molecule has 0 saturated heterocycles. The lowest BCUT2D eigenvalue weighted by Crippen LogP contribution is -2.34. The zero-order valence-corrected chi connectivity index (χ0v) is 14.1. The molecule has 0 unspecified atom stereocenters. The van der Waals surface area contributed by atoms with Crippen molar-refractivity contribution in [2.75, 3.05) is 12.4 Å². The zero-order valence-electron chi connectivity index (χ0n) is 11.8. The van der Waals surface area contributed by atoms with Crippen LogP contribution in [0.3, 0.4) is 0 Å². The second-order valence-corrected chi connectivity index (χ2v) is 6.58. The van der Waals surface area contributed by atoms with E-state index in [-0.39, 0.29) is 0 Å². The van der Waals surface area contributed by atoms with Gasteiger partial charge < -0.3 is 10.1 Å². The van der Waals surface area contributed by atoms with E-state index in [1.165, 1.54) is 5.56 Å². The third kappa shape index (κ3) is 3.19. The summed E-state index contributed by atoms with van der Waals surface area (Å²) in [6, 6.07) is 14.8. The molecule has 1 fully saturated rings. The molecule has 0 heterocycles. The number of methoxy groups -OCH3 is 1. The number of halogens is 2. The van der Waals surface area contributed by atoms with Gasteiger partial charge in [-0.2, -0.15) is 0 Å². The first kappa shape index (κ1) is 14.7. The first-order valence-corrected chi connectivity index (χ1v) is 8.19. The van der Waals surface area contributed by atoms with E-state index < -0.39 is 0 Å². The van der Waals surface area contributed by atoms with Crippen molar-refractivity contribution in [1.82, 2.24) is 0 Å². The summed E-state index contributed by atoms with van der Waals surface area (Å²) < 4.78 is 6.14. The van der Waals surface area contributed by atoms with E-state index in [9.17, 15) is 0 Å². The van der Waals surface area contributed by atoms with Crippen molar-refractivity contribution in [3.63, 3.8) is 0 Å². The molecule has 3 rings (SSSR count). The third-order valence-electron chi connectivity index (χ3n) is 4.04. The lowest BCUT2D eigenvalue weighted by molar-refractivity contribution is 0.373. The maximum absolute atomic E-state index is 6.11. The highest BCUT2D eigenvalue weighted by Crippen LogP contribution is 2.40. The number of anilines is 1. The molecule has 0 bridgehead atoms. The van der Waals surface area contributed by atoms with Crippen LogP contribution in [-0.2, 0) is 0 Å². The highest BCUT2D eigenvalue weighted by Gasteiger charge is 2.30. The van der Waals surface area contributed by atoms with Gasteiger partial charge in [0.2, 0.25) is 0 Å². The van der Waals surface area contributed by atoms with Gasteiger partial charge in [-0.25, -0.2) is 0 Å². The van der Waals surface area contributed by atoms with Gasteiger partial charge in [0.05, 0.1) is 22.3 Å². The topological polar surface area (TPSA) is 21.3 Å². The molecule has 1 saturated carbocycles. The van der Waals surface area contributed by atoms with Gasteiger partial charge in [-0.1, -0.05) is 29.8 Å². The smallest absolute Gasteiger partial charge is 0.118 e. The van der Waals surface area contributed by atoms with Crippen molar-refractivity contribution in [3.05, 3.63) is 57.5 Å². The maximum Gasteiger partial charge on any atom is 0.118 e. The SMILES string of the molecule is COc1ccc(C2CC(Nc3cccc(Cl)c3Br)C2)cc1. The summed E-state index contributed by atoms with van der Waals surface area (Å²) in [5, 5.41) is 4.30. The van der Waals surface area contributed by atoms with Crippen LogP contribution in [-0.4, -0.2) is 13.2 Å². The molecular formula is C17H17BrClNO. The predicted molar refractivity (Wildman–Crippen MR) is 91.5 cm³/mol. The minimum Gasteiger partial charge on any atom is -0.497 e. The fourth-order valence-electron chi connectivity index (χ4n) is 2.72. The van der Waals surface area contributed by atoms with Gasteiger partial charge in [-0.3, -0.25) is 0 Å². The van der Waals surface area contributed by atoms with E-state index in [1.807, 2.05) is 24.3 Å². The number of ether oxygens (including phenoxy) is 1. The Morgan fingerprint density at radius 3 is 2.52 bits per heavy atom. The molecule has 1 aliphatic carbocycles. The summed E-state index contributed by atoms with van der Waals surface area (Å²) in [5.74, 6) is 1.54. The normalized spacial score (nSPS) is 20.7. The van der Waals surface area contributed by atoms with Gasteiger partial charge in [0, 0.05) is 6.04 Å². The fourth-order valence-corrected chi connectivity index (χ4v) is 3.27. The Hall–Kier alpha value is -1.19. The van der Waals surface area contributed by atoms with Crippen LogP contribution in [0.1, 0.15) is 24.3 Å². The Labute approximate surface area is 138 Å². The quantitative estimate of drug-likeness (QED) is 0.774. The molecule has 4 heteroatoms. The molecule has 0 radical (unpaired) electrons. The van der Waals surface area contributed by atoms with Crippen LogP contribution in [0.2, 0.25) is 5.02 Å². The van der Waals surface area contributed by atoms with E-state index >= 15 is 0 Å². The van der Waals surface area contributed by atoms with Crippen molar-refractivity contribution >= 4 is 33.2 Å². The van der Waals surface area contributed by atoms with Crippen molar-refractivity contribution in [1.29, 1.82) is 0 Å². The Morgan fingerprint density at radius 1 is 1.14 bits per heavy atom.